The van der Waals surface area contributed by atoms with E-state index in [9.17, 15) is 9.59 Å². The first-order valence-corrected chi connectivity index (χ1v) is 6.25. The summed E-state index contributed by atoms with van der Waals surface area (Å²) in [6, 6.07) is 3.29. The van der Waals surface area contributed by atoms with Gasteiger partial charge in [0.25, 0.3) is 0 Å². The summed E-state index contributed by atoms with van der Waals surface area (Å²) in [4.78, 5) is 26.8. The van der Waals surface area contributed by atoms with E-state index < -0.39 is 0 Å². The van der Waals surface area contributed by atoms with Crippen LogP contribution in [-0.2, 0) is 9.59 Å². The molecule has 0 unspecified atom stereocenters. The molecule has 104 valence electrons. The van der Waals surface area contributed by atoms with E-state index >= 15 is 0 Å². The van der Waals surface area contributed by atoms with Gasteiger partial charge in [-0.05, 0) is 18.1 Å². The molecule has 0 saturated heterocycles. The molecule has 4 N–H and O–H groups in total. The molecule has 6 nitrogen and oxygen atoms in total. The van der Waals surface area contributed by atoms with E-state index in [0.717, 1.165) is 0 Å². The molecule has 0 radical (unpaired) electrons. The molecule has 1 heterocycles. The Labute approximate surface area is 112 Å². The fourth-order valence-electron chi connectivity index (χ4n) is 1.46. The van der Waals surface area contributed by atoms with Gasteiger partial charge in [-0.1, -0.05) is 13.8 Å². The van der Waals surface area contributed by atoms with Crippen LogP contribution in [0, 0.1) is 5.92 Å². The van der Waals surface area contributed by atoms with Crippen molar-refractivity contribution < 1.29 is 9.59 Å². The zero-order valence-electron chi connectivity index (χ0n) is 11.3. The monoisotopic (exact) mass is 264 g/mol. The molecule has 2 amide bonds. The molecule has 0 aliphatic carbocycles. The van der Waals surface area contributed by atoms with Crippen LogP contribution >= 0.6 is 0 Å². The second-order valence-corrected chi connectivity index (χ2v) is 4.72. The Bertz CT molecular complexity index is 429. The van der Waals surface area contributed by atoms with Gasteiger partial charge in [-0.3, -0.25) is 9.59 Å². The number of hydrogen-bond acceptors (Lipinski definition) is 4. The molecule has 19 heavy (non-hydrogen) atoms. The highest BCUT2D eigenvalue weighted by molar-refractivity contribution is 5.91. The minimum atomic E-state index is -0.170. The van der Waals surface area contributed by atoms with Gasteiger partial charge >= 0.3 is 0 Å². The van der Waals surface area contributed by atoms with E-state index in [1.165, 1.54) is 6.20 Å². The molecular weight excluding hydrogens is 244 g/mol. The minimum Gasteiger partial charge on any atom is -0.384 e. The largest absolute Gasteiger partial charge is 0.384 e. The summed E-state index contributed by atoms with van der Waals surface area (Å²) in [7, 11) is 0. The number of hydrogen-bond donors (Lipinski definition) is 3. The predicted octanol–water partition coefficient (Wildman–Crippen LogP) is 1.15. The molecule has 0 aliphatic heterocycles. The van der Waals surface area contributed by atoms with E-state index in [2.05, 4.69) is 15.6 Å². The van der Waals surface area contributed by atoms with Crippen molar-refractivity contribution in [1.82, 2.24) is 10.3 Å². The lowest BCUT2D eigenvalue weighted by atomic mass is 10.1. The molecular formula is C13H20N4O2. The number of rotatable bonds is 6. The van der Waals surface area contributed by atoms with Gasteiger partial charge in [0.15, 0.2) is 0 Å². The summed E-state index contributed by atoms with van der Waals surface area (Å²) in [5.74, 6) is 0.516. The maximum atomic E-state index is 11.6. The van der Waals surface area contributed by atoms with E-state index in [1.54, 1.807) is 12.1 Å². The van der Waals surface area contributed by atoms with Crippen LogP contribution in [0.5, 0.6) is 0 Å². The average Bonchev–Trinajstić information content (AvgIpc) is 2.31. The van der Waals surface area contributed by atoms with Crippen LogP contribution < -0.4 is 16.4 Å². The summed E-state index contributed by atoms with van der Waals surface area (Å²) in [6.07, 6.45) is 2.20. The van der Waals surface area contributed by atoms with E-state index in [4.69, 9.17) is 5.73 Å². The lowest BCUT2D eigenvalue weighted by Gasteiger charge is -2.07. The number of carbonyl (C=O) groups excluding carboxylic acids is 2. The van der Waals surface area contributed by atoms with Gasteiger partial charge in [0, 0.05) is 19.4 Å². The quantitative estimate of drug-likeness (QED) is 0.718. The number of nitrogens with zero attached hydrogens (tertiary/aromatic N) is 1. The number of nitrogens with one attached hydrogen (secondary N) is 2. The van der Waals surface area contributed by atoms with Crippen molar-refractivity contribution in [3.8, 4) is 0 Å². The fraction of sp³-hybridized carbons (Fsp3) is 0.462. The number of aromatic nitrogens is 1. The molecule has 0 fully saturated rings. The Morgan fingerprint density at radius 1 is 1.32 bits per heavy atom. The number of nitrogen functional groups attached to an aromatic ring is 1. The summed E-state index contributed by atoms with van der Waals surface area (Å²) in [5.41, 5.74) is 6.03. The van der Waals surface area contributed by atoms with Crippen molar-refractivity contribution in [2.24, 2.45) is 5.92 Å². The molecule has 1 aromatic heterocycles. The number of carbonyl (C=O) groups is 2. The molecule has 6 heteroatoms. The molecule has 0 saturated carbocycles. The van der Waals surface area contributed by atoms with Crippen LogP contribution in [0.2, 0.25) is 0 Å². The lowest BCUT2D eigenvalue weighted by Crippen LogP contribution is -2.28. The second kappa shape index (κ2) is 7.35. The minimum absolute atomic E-state index is 0.0306. The second-order valence-electron chi connectivity index (χ2n) is 4.72. The van der Waals surface area contributed by atoms with Crippen molar-refractivity contribution in [3.63, 3.8) is 0 Å². The molecule has 0 atom stereocenters. The van der Waals surface area contributed by atoms with Crippen molar-refractivity contribution in [2.75, 3.05) is 17.6 Å². The highest BCUT2D eigenvalue weighted by Gasteiger charge is 2.06. The summed E-state index contributed by atoms with van der Waals surface area (Å²) in [5, 5.41) is 5.38. The Kier molecular flexibility index (Phi) is 5.78. The maximum absolute atomic E-state index is 11.6. The highest BCUT2D eigenvalue weighted by atomic mass is 16.2. The molecule has 1 rings (SSSR count). The summed E-state index contributed by atoms with van der Waals surface area (Å²) < 4.78 is 0. The van der Waals surface area contributed by atoms with Gasteiger partial charge in [-0.15, -0.1) is 0 Å². The lowest BCUT2D eigenvalue weighted by molar-refractivity contribution is -0.121. The van der Waals surface area contributed by atoms with Crippen molar-refractivity contribution in [2.45, 2.75) is 26.7 Å². The first-order valence-electron chi connectivity index (χ1n) is 6.25. The van der Waals surface area contributed by atoms with Crippen molar-refractivity contribution in [3.05, 3.63) is 18.3 Å². The average molecular weight is 264 g/mol. The SMILES string of the molecule is CC(C)CC(=O)NCCC(=O)Nc1ccc(N)nc1. The van der Waals surface area contributed by atoms with Gasteiger partial charge in [-0.25, -0.2) is 4.98 Å². The highest BCUT2D eigenvalue weighted by Crippen LogP contribution is 2.07. The van der Waals surface area contributed by atoms with Crippen molar-refractivity contribution in [1.29, 1.82) is 0 Å². The van der Waals surface area contributed by atoms with Gasteiger partial charge in [0.05, 0.1) is 11.9 Å². The zero-order chi connectivity index (χ0) is 14.3. The maximum Gasteiger partial charge on any atom is 0.226 e. The Morgan fingerprint density at radius 2 is 2.05 bits per heavy atom. The zero-order valence-corrected chi connectivity index (χ0v) is 11.3. The Balaban J connectivity index is 2.25. The standard InChI is InChI=1S/C13H20N4O2/c1-9(2)7-13(19)15-6-5-12(18)17-10-3-4-11(14)16-8-10/h3-4,8-9H,5-7H2,1-2H3,(H2,14,16)(H,15,19)(H,17,18). The van der Waals surface area contributed by atoms with E-state index in [0.29, 0.717) is 30.4 Å². The van der Waals surface area contributed by atoms with Gasteiger partial charge in [0.2, 0.25) is 11.8 Å². The van der Waals surface area contributed by atoms with Gasteiger partial charge < -0.3 is 16.4 Å². The summed E-state index contributed by atoms with van der Waals surface area (Å²) in [6.45, 7) is 4.28. The third kappa shape index (κ3) is 6.40. The van der Waals surface area contributed by atoms with Crippen LogP contribution in [0.25, 0.3) is 0 Å². The number of nitrogens with two attached hydrogens (primary N) is 1. The molecule has 0 aromatic carbocycles. The third-order valence-corrected chi connectivity index (χ3v) is 2.34. The van der Waals surface area contributed by atoms with E-state index in [1.807, 2.05) is 13.8 Å². The van der Waals surface area contributed by atoms with Gasteiger partial charge in [-0.2, -0.15) is 0 Å². The first-order chi connectivity index (χ1) is 8.97. The van der Waals surface area contributed by atoms with Crippen LogP contribution in [0.1, 0.15) is 26.7 Å². The first kappa shape index (κ1) is 14.9. The molecule has 0 aliphatic rings. The fourth-order valence-corrected chi connectivity index (χ4v) is 1.46. The van der Waals surface area contributed by atoms with Crippen molar-refractivity contribution >= 4 is 23.3 Å². The smallest absolute Gasteiger partial charge is 0.226 e. The number of pyridine rings is 1. The van der Waals surface area contributed by atoms with Gasteiger partial charge in [0.1, 0.15) is 5.82 Å². The molecule has 0 spiro atoms. The van der Waals surface area contributed by atoms with Crippen LogP contribution in [0.3, 0.4) is 0 Å². The summed E-state index contributed by atoms with van der Waals surface area (Å²) >= 11 is 0. The molecule has 0 bridgehead atoms. The molecule has 1 aromatic rings. The topological polar surface area (TPSA) is 97.1 Å². The Morgan fingerprint density at radius 3 is 2.63 bits per heavy atom. The Hall–Kier alpha value is -2.11. The van der Waals surface area contributed by atoms with Crippen LogP contribution in [-0.4, -0.2) is 23.3 Å². The number of amides is 2. The third-order valence-electron chi connectivity index (χ3n) is 2.34. The van der Waals surface area contributed by atoms with Crippen LogP contribution in [0.4, 0.5) is 11.5 Å². The predicted molar refractivity (Wildman–Crippen MR) is 74.4 cm³/mol. The number of anilines is 2. The normalized spacial score (nSPS) is 10.3. The van der Waals surface area contributed by atoms with E-state index in [-0.39, 0.29) is 18.2 Å². The van der Waals surface area contributed by atoms with Crippen LogP contribution in [0.15, 0.2) is 18.3 Å².